The number of aliphatic hydroxyl groups excluding tert-OH is 1. The summed E-state index contributed by atoms with van der Waals surface area (Å²) in [5.74, 6) is 0.0832. The average molecular weight is 303 g/mol. The number of nitro groups is 1. The summed E-state index contributed by atoms with van der Waals surface area (Å²) < 4.78 is 27.8. The molecule has 0 fully saturated rings. The molecule has 1 aromatic carbocycles. The third-order valence-corrected chi connectivity index (χ3v) is 4.49. The Morgan fingerprint density at radius 2 is 2.10 bits per heavy atom. The minimum absolute atomic E-state index is 0.0169. The molecule has 0 saturated carbocycles. The van der Waals surface area contributed by atoms with Gasteiger partial charge in [0.25, 0.3) is 0 Å². The molecule has 0 amide bonds. The molecule has 0 aliphatic heterocycles. The molecular weight excluding hydrogens is 286 g/mol. The summed E-state index contributed by atoms with van der Waals surface area (Å²) in [6.45, 7) is 1.37. The van der Waals surface area contributed by atoms with Gasteiger partial charge in [0.15, 0.2) is 5.75 Å². The molecule has 7 nitrogen and oxygen atoms in total. The number of hydrogen-bond acceptors (Lipinski definition) is 6. The Balaban J connectivity index is 2.69. The monoisotopic (exact) mass is 303 g/mol. The fraction of sp³-hybridized carbons (Fsp3) is 0.500. The molecule has 1 aromatic rings. The Bertz CT molecular complexity index is 569. The molecule has 0 radical (unpaired) electrons. The Morgan fingerprint density at radius 1 is 1.40 bits per heavy atom. The summed E-state index contributed by atoms with van der Waals surface area (Å²) in [5.41, 5.74) is 0.285. The Labute approximate surface area is 117 Å². The lowest BCUT2D eigenvalue weighted by molar-refractivity contribution is -0.385. The van der Waals surface area contributed by atoms with Crippen LogP contribution in [0.2, 0.25) is 0 Å². The predicted octanol–water partition coefficient (Wildman–Crippen LogP) is 1.29. The van der Waals surface area contributed by atoms with E-state index in [2.05, 4.69) is 0 Å². The van der Waals surface area contributed by atoms with Crippen molar-refractivity contribution in [2.75, 3.05) is 18.1 Å². The highest BCUT2D eigenvalue weighted by atomic mass is 32.2. The number of sulfone groups is 1. The highest BCUT2D eigenvalue weighted by Crippen LogP contribution is 2.28. The minimum atomic E-state index is -3.07. The first-order valence-electron chi connectivity index (χ1n) is 6.11. The first-order valence-corrected chi connectivity index (χ1v) is 7.93. The van der Waals surface area contributed by atoms with Gasteiger partial charge in [-0.15, -0.1) is 0 Å². The van der Waals surface area contributed by atoms with Crippen LogP contribution in [0.3, 0.4) is 0 Å². The number of nitrogens with zero attached hydrogens (tertiary/aromatic N) is 1. The summed E-state index contributed by atoms with van der Waals surface area (Å²) in [6, 6.07) is 4.07. The molecule has 0 aliphatic rings. The summed E-state index contributed by atoms with van der Waals surface area (Å²) in [6.07, 6.45) is 0.261. The van der Waals surface area contributed by atoms with E-state index in [0.29, 0.717) is 5.56 Å². The van der Waals surface area contributed by atoms with E-state index in [1.165, 1.54) is 18.2 Å². The normalized spacial score (nSPS) is 11.3. The SMILES string of the molecule is CCS(=O)(=O)CCCOc1cc(CO)ccc1[N+](=O)[O-]. The lowest BCUT2D eigenvalue weighted by Crippen LogP contribution is -2.12. The lowest BCUT2D eigenvalue weighted by atomic mass is 10.2. The van der Waals surface area contributed by atoms with Crippen molar-refractivity contribution in [3.8, 4) is 5.75 Å². The molecule has 1 rings (SSSR count). The summed E-state index contributed by atoms with van der Waals surface area (Å²) >= 11 is 0. The first kappa shape index (κ1) is 16.4. The van der Waals surface area contributed by atoms with Crippen LogP contribution >= 0.6 is 0 Å². The van der Waals surface area contributed by atoms with Crippen molar-refractivity contribution in [2.24, 2.45) is 0 Å². The predicted molar refractivity (Wildman–Crippen MR) is 73.5 cm³/mol. The molecule has 0 saturated heterocycles. The van der Waals surface area contributed by atoms with Crippen molar-refractivity contribution in [3.05, 3.63) is 33.9 Å². The molecule has 8 heteroatoms. The smallest absolute Gasteiger partial charge is 0.310 e. The maximum absolute atomic E-state index is 11.3. The molecule has 0 heterocycles. The van der Waals surface area contributed by atoms with Crippen molar-refractivity contribution >= 4 is 15.5 Å². The third-order valence-electron chi connectivity index (χ3n) is 2.70. The zero-order valence-corrected chi connectivity index (χ0v) is 11.9. The zero-order valence-electron chi connectivity index (χ0n) is 11.1. The Morgan fingerprint density at radius 3 is 2.65 bits per heavy atom. The van der Waals surface area contributed by atoms with Crippen molar-refractivity contribution in [1.82, 2.24) is 0 Å². The van der Waals surface area contributed by atoms with Gasteiger partial charge < -0.3 is 9.84 Å². The van der Waals surface area contributed by atoms with E-state index in [1.807, 2.05) is 0 Å². The van der Waals surface area contributed by atoms with Gasteiger partial charge in [0.05, 0.1) is 23.9 Å². The van der Waals surface area contributed by atoms with Crippen LogP contribution in [-0.4, -0.2) is 36.6 Å². The molecule has 20 heavy (non-hydrogen) atoms. The van der Waals surface area contributed by atoms with Gasteiger partial charge in [-0.05, 0) is 24.1 Å². The molecule has 0 bridgehead atoms. The first-order chi connectivity index (χ1) is 9.39. The van der Waals surface area contributed by atoms with Crippen LogP contribution in [0.4, 0.5) is 5.69 Å². The maximum Gasteiger partial charge on any atom is 0.310 e. The molecule has 0 unspecified atom stereocenters. The fourth-order valence-electron chi connectivity index (χ4n) is 1.53. The second-order valence-corrected chi connectivity index (χ2v) is 6.63. The van der Waals surface area contributed by atoms with Crippen molar-refractivity contribution in [1.29, 1.82) is 0 Å². The second kappa shape index (κ2) is 7.20. The van der Waals surface area contributed by atoms with Crippen LogP contribution in [0.25, 0.3) is 0 Å². The summed E-state index contributed by atoms with van der Waals surface area (Å²) in [4.78, 5) is 10.2. The van der Waals surface area contributed by atoms with E-state index in [4.69, 9.17) is 9.84 Å². The van der Waals surface area contributed by atoms with Gasteiger partial charge in [-0.25, -0.2) is 8.42 Å². The van der Waals surface area contributed by atoms with Gasteiger partial charge in [-0.3, -0.25) is 10.1 Å². The fourth-order valence-corrected chi connectivity index (χ4v) is 2.37. The minimum Gasteiger partial charge on any atom is -0.487 e. The van der Waals surface area contributed by atoms with Gasteiger partial charge >= 0.3 is 5.69 Å². The van der Waals surface area contributed by atoms with Crippen LogP contribution in [0, 0.1) is 10.1 Å². The Hall–Kier alpha value is -1.67. The van der Waals surface area contributed by atoms with Gasteiger partial charge in [0.1, 0.15) is 9.84 Å². The topological polar surface area (TPSA) is 107 Å². The van der Waals surface area contributed by atoms with E-state index in [-0.39, 0.29) is 42.6 Å². The molecule has 0 aliphatic carbocycles. The number of benzene rings is 1. The highest BCUT2D eigenvalue weighted by molar-refractivity contribution is 7.91. The molecule has 0 spiro atoms. The van der Waals surface area contributed by atoms with Gasteiger partial charge in [0.2, 0.25) is 0 Å². The highest BCUT2D eigenvalue weighted by Gasteiger charge is 2.16. The van der Waals surface area contributed by atoms with Crippen LogP contribution in [0.5, 0.6) is 5.75 Å². The quantitative estimate of drug-likeness (QED) is 0.440. The number of rotatable bonds is 8. The van der Waals surface area contributed by atoms with E-state index < -0.39 is 14.8 Å². The second-order valence-electron chi connectivity index (χ2n) is 4.16. The molecule has 0 aromatic heterocycles. The van der Waals surface area contributed by atoms with Crippen LogP contribution in [0.15, 0.2) is 18.2 Å². The van der Waals surface area contributed by atoms with Gasteiger partial charge in [0, 0.05) is 11.8 Å². The lowest BCUT2D eigenvalue weighted by Gasteiger charge is -2.08. The van der Waals surface area contributed by atoms with Gasteiger partial charge in [-0.1, -0.05) is 6.92 Å². The zero-order chi connectivity index (χ0) is 15.2. The largest absolute Gasteiger partial charge is 0.487 e. The third kappa shape index (κ3) is 4.78. The number of hydrogen-bond donors (Lipinski definition) is 1. The average Bonchev–Trinajstić information content (AvgIpc) is 2.43. The molecule has 0 atom stereocenters. The van der Waals surface area contributed by atoms with Crippen molar-refractivity contribution in [2.45, 2.75) is 20.0 Å². The van der Waals surface area contributed by atoms with E-state index in [9.17, 15) is 18.5 Å². The van der Waals surface area contributed by atoms with Crippen molar-refractivity contribution < 1.29 is 23.2 Å². The summed E-state index contributed by atoms with van der Waals surface area (Å²) in [7, 11) is -3.07. The van der Waals surface area contributed by atoms with E-state index in [0.717, 1.165) is 0 Å². The van der Waals surface area contributed by atoms with Crippen LogP contribution in [0.1, 0.15) is 18.9 Å². The Kier molecular flexibility index (Phi) is 5.90. The van der Waals surface area contributed by atoms with Gasteiger partial charge in [-0.2, -0.15) is 0 Å². The number of aliphatic hydroxyl groups is 1. The van der Waals surface area contributed by atoms with Crippen LogP contribution in [-0.2, 0) is 16.4 Å². The summed E-state index contributed by atoms with van der Waals surface area (Å²) in [5, 5.41) is 19.8. The maximum atomic E-state index is 11.3. The standard InChI is InChI=1S/C12H17NO6S/c1-2-20(17,18)7-3-6-19-12-8-10(9-14)4-5-11(12)13(15)16/h4-5,8,14H,2-3,6-7,9H2,1H3. The number of nitro benzene ring substituents is 1. The molecule has 112 valence electrons. The van der Waals surface area contributed by atoms with Crippen LogP contribution < -0.4 is 4.74 Å². The van der Waals surface area contributed by atoms with Crippen molar-refractivity contribution in [3.63, 3.8) is 0 Å². The molecular formula is C12H17NO6S. The van der Waals surface area contributed by atoms with E-state index >= 15 is 0 Å². The van der Waals surface area contributed by atoms with E-state index in [1.54, 1.807) is 6.92 Å². The molecule has 1 N–H and O–H groups in total. The number of ether oxygens (including phenoxy) is 1.